The van der Waals surface area contributed by atoms with Gasteiger partial charge >= 0.3 is 0 Å². The molecule has 1 aliphatic heterocycles. The van der Waals surface area contributed by atoms with Crippen molar-refractivity contribution in [1.82, 2.24) is 4.90 Å². The third-order valence-electron chi connectivity index (χ3n) is 3.80. The zero-order valence-electron chi connectivity index (χ0n) is 12.3. The average Bonchev–Trinajstić information content (AvgIpc) is 2.42. The quantitative estimate of drug-likeness (QED) is 0.663. The molecule has 1 aromatic rings. The minimum absolute atomic E-state index is 0.150. The van der Waals surface area contributed by atoms with Crippen molar-refractivity contribution in [2.45, 2.75) is 39.2 Å². The maximum Gasteiger partial charge on any atom is 0.269 e. The maximum atomic E-state index is 10.7. The summed E-state index contributed by atoms with van der Waals surface area (Å²) in [4.78, 5) is 12.9. The Morgan fingerprint density at radius 2 is 2.05 bits per heavy atom. The highest BCUT2D eigenvalue weighted by Crippen LogP contribution is 2.22. The molecule has 20 heavy (non-hydrogen) atoms. The maximum absolute atomic E-state index is 10.7. The molecule has 1 aromatic carbocycles. The summed E-state index contributed by atoms with van der Waals surface area (Å²) in [6, 6.07) is 5.33. The Bertz CT molecular complexity index is 470. The van der Waals surface area contributed by atoms with E-state index < -0.39 is 0 Å². The summed E-state index contributed by atoms with van der Waals surface area (Å²) in [6.07, 6.45) is 3.94. The van der Waals surface area contributed by atoms with Gasteiger partial charge < -0.3 is 10.2 Å². The molecule has 1 heterocycles. The molecular formula is C15H23N3O2. The van der Waals surface area contributed by atoms with Crippen LogP contribution in [0.15, 0.2) is 18.2 Å². The molecule has 110 valence electrons. The summed E-state index contributed by atoms with van der Waals surface area (Å²) in [6.45, 7) is 7.46. The summed E-state index contributed by atoms with van der Waals surface area (Å²) < 4.78 is 0. The molecule has 2 rings (SSSR count). The van der Waals surface area contributed by atoms with Crippen molar-refractivity contribution < 1.29 is 4.92 Å². The fraction of sp³-hybridized carbons (Fsp3) is 0.600. The van der Waals surface area contributed by atoms with Gasteiger partial charge in [0.05, 0.1) is 4.92 Å². The van der Waals surface area contributed by atoms with Crippen LogP contribution in [-0.2, 0) is 0 Å². The summed E-state index contributed by atoms with van der Waals surface area (Å²) in [5.74, 6) is 0. The lowest BCUT2D eigenvalue weighted by Crippen LogP contribution is -2.38. The van der Waals surface area contributed by atoms with Gasteiger partial charge in [-0.15, -0.1) is 0 Å². The molecule has 0 amide bonds. The van der Waals surface area contributed by atoms with Gasteiger partial charge in [-0.3, -0.25) is 10.1 Å². The van der Waals surface area contributed by atoms with Crippen LogP contribution in [0.1, 0.15) is 31.7 Å². The number of nitro benzene ring substituents is 1. The normalized spacial score (nSPS) is 17.7. The number of nitro groups is 1. The molecule has 0 aromatic heterocycles. The number of nitrogens with zero attached hydrogens (tertiary/aromatic N) is 2. The van der Waals surface area contributed by atoms with Gasteiger partial charge in [-0.1, -0.05) is 6.42 Å². The van der Waals surface area contributed by atoms with Crippen LogP contribution in [-0.4, -0.2) is 35.5 Å². The molecule has 5 nitrogen and oxygen atoms in total. The van der Waals surface area contributed by atoms with E-state index in [-0.39, 0.29) is 10.6 Å². The van der Waals surface area contributed by atoms with Crippen molar-refractivity contribution >= 4 is 11.4 Å². The molecule has 1 N–H and O–H groups in total. The number of benzene rings is 1. The third kappa shape index (κ3) is 3.93. The van der Waals surface area contributed by atoms with E-state index in [4.69, 9.17) is 0 Å². The van der Waals surface area contributed by atoms with Crippen LogP contribution in [0.4, 0.5) is 11.4 Å². The number of aryl methyl sites for hydroxylation is 1. The van der Waals surface area contributed by atoms with Gasteiger partial charge in [0, 0.05) is 30.4 Å². The summed E-state index contributed by atoms with van der Waals surface area (Å²) in [5, 5.41) is 14.2. The van der Waals surface area contributed by atoms with Crippen LogP contribution in [0.3, 0.4) is 0 Å². The second-order valence-electron chi connectivity index (χ2n) is 5.66. The molecule has 0 spiro atoms. The molecule has 1 saturated heterocycles. The van der Waals surface area contributed by atoms with Gasteiger partial charge in [-0.25, -0.2) is 0 Å². The van der Waals surface area contributed by atoms with Crippen molar-refractivity contribution in [2.24, 2.45) is 0 Å². The largest absolute Gasteiger partial charge is 0.381 e. The zero-order chi connectivity index (χ0) is 14.5. The number of non-ortho nitro benzene ring substituents is 1. The number of piperidine rings is 1. The topological polar surface area (TPSA) is 58.4 Å². The van der Waals surface area contributed by atoms with Crippen molar-refractivity contribution in [3.63, 3.8) is 0 Å². The lowest BCUT2D eigenvalue weighted by atomic mass is 10.1. The third-order valence-corrected chi connectivity index (χ3v) is 3.80. The molecule has 1 fully saturated rings. The Morgan fingerprint density at radius 1 is 1.35 bits per heavy atom. The number of anilines is 1. The highest BCUT2D eigenvalue weighted by atomic mass is 16.6. The monoisotopic (exact) mass is 277 g/mol. The Labute approximate surface area is 120 Å². The number of nitrogens with one attached hydrogen (secondary N) is 1. The van der Waals surface area contributed by atoms with Gasteiger partial charge in [0.15, 0.2) is 0 Å². The minimum atomic E-state index is -0.353. The van der Waals surface area contributed by atoms with Crippen molar-refractivity contribution in [3.8, 4) is 0 Å². The summed E-state index contributed by atoms with van der Waals surface area (Å²) >= 11 is 0. The first-order chi connectivity index (χ1) is 9.56. The standard InChI is InChI=1S/C15H23N3O2/c1-12-10-14(18(19)20)6-7-15(12)16-13(2)11-17-8-4-3-5-9-17/h6-7,10,13,16H,3-5,8-9,11H2,1-2H3. The Morgan fingerprint density at radius 3 is 2.65 bits per heavy atom. The number of likely N-dealkylation sites (tertiary alicyclic amines) is 1. The zero-order valence-corrected chi connectivity index (χ0v) is 12.3. The Balaban J connectivity index is 1.93. The molecule has 5 heteroatoms. The van der Waals surface area contributed by atoms with E-state index in [0.29, 0.717) is 6.04 Å². The molecule has 1 unspecified atom stereocenters. The predicted octanol–water partition coefficient (Wildman–Crippen LogP) is 3.19. The van der Waals surface area contributed by atoms with Crippen molar-refractivity contribution in [3.05, 3.63) is 33.9 Å². The van der Waals surface area contributed by atoms with Gasteiger partial charge in [0.1, 0.15) is 0 Å². The van der Waals surface area contributed by atoms with E-state index in [1.165, 1.54) is 32.4 Å². The van der Waals surface area contributed by atoms with Gasteiger partial charge in [-0.2, -0.15) is 0 Å². The number of hydrogen-bond donors (Lipinski definition) is 1. The van der Waals surface area contributed by atoms with Crippen LogP contribution in [0.2, 0.25) is 0 Å². The highest BCUT2D eigenvalue weighted by Gasteiger charge is 2.14. The van der Waals surface area contributed by atoms with E-state index >= 15 is 0 Å². The first kappa shape index (κ1) is 14.8. The molecule has 1 atom stereocenters. The first-order valence-corrected chi connectivity index (χ1v) is 7.30. The second kappa shape index (κ2) is 6.70. The van der Waals surface area contributed by atoms with E-state index in [2.05, 4.69) is 17.1 Å². The van der Waals surface area contributed by atoms with E-state index in [1.54, 1.807) is 18.2 Å². The van der Waals surface area contributed by atoms with Crippen molar-refractivity contribution in [2.75, 3.05) is 25.0 Å². The summed E-state index contributed by atoms with van der Waals surface area (Å²) in [7, 11) is 0. The molecule has 0 bridgehead atoms. The van der Waals surface area contributed by atoms with Crippen LogP contribution in [0.5, 0.6) is 0 Å². The number of hydrogen-bond acceptors (Lipinski definition) is 4. The Kier molecular flexibility index (Phi) is 4.95. The van der Waals surface area contributed by atoms with Crippen molar-refractivity contribution in [1.29, 1.82) is 0 Å². The lowest BCUT2D eigenvalue weighted by molar-refractivity contribution is -0.384. The average molecular weight is 277 g/mol. The first-order valence-electron chi connectivity index (χ1n) is 7.30. The Hall–Kier alpha value is -1.62. The van der Waals surface area contributed by atoms with Crippen LogP contribution in [0.25, 0.3) is 0 Å². The fourth-order valence-corrected chi connectivity index (χ4v) is 2.76. The molecule has 0 aliphatic carbocycles. The molecule has 1 aliphatic rings. The predicted molar refractivity (Wildman–Crippen MR) is 81.2 cm³/mol. The van der Waals surface area contributed by atoms with Gasteiger partial charge in [0.25, 0.3) is 5.69 Å². The molecule has 0 radical (unpaired) electrons. The van der Waals surface area contributed by atoms with Gasteiger partial charge in [-0.05, 0) is 51.4 Å². The van der Waals surface area contributed by atoms with Crippen LogP contribution < -0.4 is 5.32 Å². The van der Waals surface area contributed by atoms with E-state index in [1.807, 2.05) is 6.92 Å². The highest BCUT2D eigenvalue weighted by molar-refractivity contribution is 5.55. The smallest absolute Gasteiger partial charge is 0.269 e. The molecule has 0 saturated carbocycles. The minimum Gasteiger partial charge on any atom is -0.381 e. The molecular weight excluding hydrogens is 254 g/mol. The fourth-order valence-electron chi connectivity index (χ4n) is 2.76. The van der Waals surface area contributed by atoms with Crippen LogP contribution >= 0.6 is 0 Å². The van der Waals surface area contributed by atoms with Crippen LogP contribution in [0, 0.1) is 17.0 Å². The SMILES string of the molecule is Cc1cc([N+](=O)[O-])ccc1NC(C)CN1CCCCC1. The van der Waals surface area contributed by atoms with Gasteiger partial charge in [0.2, 0.25) is 0 Å². The number of rotatable bonds is 5. The van der Waals surface area contributed by atoms with E-state index in [0.717, 1.165) is 17.8 Å². The summed E-state index contributed by atoms with van der Waals surface area (Å²) in [5.41, 5.74) is 2.06. The second-order valence-corrected chi connectivity index (χ2v) is 5.66. The lowest BCUT2D eigenvalue weighted by Gasteiger charge is -2.30. The van der Waals surface area contributed by atoms with E-state index in [9.17, 15) is 10.1 Å².